The molecule has 0 amide bonds. The van der Waals surface area contributed by atoms with Gasteiger partial charge in [0.2, 0.25) is 6.29 Å². The Bertz CT molecular complexity index is 1280. The van der Waals surface area contributed by atoms with Crippen molar-refractivity contribution in [2.24, 2.45) is 0 Å². The van der Waals surface area contributed by atoms with Crippen LogP contribution in [0.25, 0.3) is 6.08 Å². The molecule has 2 aromatic carbocycles. The first-order chi connectivity index (χ1) is 19.4. The van der Waals surface area contributed by atoms with Crippen LogP contribution in [0.4, 0.5) is 0 Å². The lowest BCUT2D eigenvalue weighted by Gasteiger charge is -2.42. The molecule has 0 saturated carbocycles. The first-order valence-corrected chi connectivity index (χ1v) is 12.5. The molecule has 0 aliphatic carbocycles. The number of aromatic hydroxyl groups is 4. The molecule has 224 valence electrons. The molecule has 3 aliphatic rings. The minimum Gasteiger partial charge on any atom is -0.508 e. The average molecular weight is 583 g/mol. The van der Waals surface area contributed by atoms with Crippen LogP contribution in [0.15, 0.2) is 36.1 Å². The summed E-state index contributed by atoms with van der Waals surface area (Å²) in [5.41, 5.74) is 0.335. The maximum Gasteiger partial charge on any atom is 0.228 e. The SMILES string of the molecule is Oc1cc(O)c2c(c1)OC(c1ccc(O)c(O)c1)C(O[C@@H]1O[C@H](CO[C@@H]3OC[C@@H](O)[C@H](O)[C@H]3O)[C@@H](O)[C@H](O)[C@H]1O)=C2. The standard InChI is InChI=1S/C26H30O15/c27-10-4-13(29)11-6-17(24(39-16(11)5-10)9-1-2-12(28)14(30)3-9)40-26-23(36)21(34)20(33)18(41-26)8-38-25-22(35)19(32)15(31)7-37-25/h1-6,15,18-36H,7-8H2/t15-,18-,19+,20-,21+,22-,23-,24?,25+,26-/m1/s1. The van der Waals surface area contributed by atoms with Crippen molar-refractivity contribution < 1.29 is 74.7 Å². The number of phenols is 4. The van der Waals surface area contributed by atoms with Crippen molar-refractivity contribution in [3.05, 3.63) is 47.2 Å². The van der Waals surface area contributed by atoms with E-state index in [0.717, 1.165) is 6.07 Å². The van der Waals surface area contributed by atoms with Crippen molar-refractivity contribution in [3.63, 3.8) is 0 Å². The van der Waals surface area contributed by atoms with E-state index < -0.39 is 79.5 Å². The number of hydrogen-bond donors (Lipinski definition) is 10. The van der Waals surface area contributed by atoms with E-state index in [2.05, 4.69) is 0 Å². The smallest absolute Gasteiger partial charge is 0.228 e. The molecule has 0 spiro atoms. The largest absolute Gasteiger partial charge is 0.508 e. The highest BCUT2D eigenvalue weighted by atomic mass is 16.7. The van der Waals surface area contributed by atoms with Gasteiger partial charge in [-0.15, -0.1) is 0 Å². The predicted octanol–water partition coefficient (Wildman–Crippen LogP) is -1.74. The van der Waals surface area contributed by atoms with Crippen LogP contribution in [-0.2, 0) is 18.9 Å². The predicted molar refractivity (Wildman–Crippen MR) is 132 cm³/mol. The average Bonchev–Trinajstić information content (AvgIpc) is 2.93. The molecule has 15 heteroatoms. The molecule has 41 heavy (non-hydrogen) atoms. The Balaban J connectivity index is 1.39. The molecular formula is C26H30O15. The fraction of sp³-hybridized carbons (Fsp3) is 0.462. The minimum atomic E-state index is -1.81. The Kier molecular flexibility index (Phi) is 8.15. The first-order valence-electron chi connectivity index (χ1n) is 12.5. The van der Waals surface area contributed by atoms with E-state index in [1.54, 1.807) is 0 Å². The van der Waals surface area contributed by atoms with Gasteiger partial charge in [0.25, 0.3) is 0 Å². The molecule has 5 rings (SSSR count). The molecule has 10 N–H and O–H groups in total. The number of ether oxygens (including phenoxy) is 5. The topological polar surface area (TPSA) is 248 Å². The Hall–Kier alpha value is -3.38. The highest BCUT2D eigenvalue weighted by Gasteiger charge is 2.47. The first kappa shape index (κ1) is 29.1. The third kappa shape index (κ3) is 5.72. The quantitative estimate of drug-likeness (QED) is 0.170. The molecular weight excluding hydrogens is 552 g/mol. The van der Waals surface area contributed by atoms with Gasteiger partial charge in [-0.05, 0) is 18.2 Å². The highest BCUT2D eigenvalue weighted by molar-refractivity contribution is 5.69. The number of rotatable bonds is 6. The van der Waals surface area contributed by atoms with Gasteiger partial charge in [-0.1, -0.05) is 6.07 Å². The molecule has 2 aromatic rings. The number of aliphatic hydroxyl groups is 6. The number of hydrogen-bond acceptors (Lipinski definition) is 15. The molecule has 2 saturated heterocycles. The van der Waals surface area contributed by atoms with Crippen molar-refractivity contribution >= 4 is 6.08 Å². The van der Waals surface area contributed by atoms with E-state index in [0.29, 0.717) is 0 Å². The van der Waals surface area contributed by atoms with Crippen molar-refractivity contribution in [2.75, 3.05) is 13.2 Å². The maximum absolute atomic E-state index is 10.7. The van der Waals surface area contributed by atoms with Gasteiger partial charge in [0, 0.05) is 17.7 Å². The van der Waals surface area contributed by atoms with Crippen LogP contribution in [0.3, 0.4) is 0 Å². The van der Waals surface area contributed by atoms with Crippen LogP contribution in [-0.4, -0.2) is 120 Å². The highest BCUT2D eigenvalue weighted by Crippen LogP contribution is 2.45. The van der Waals surface area contributed by atoms with Crippen LogP contribution in [0, 0.1) is 0 Å². The second kappa shape index (κ2) is 11.5. The summed E-state index contributed by atoms with van der Waals surface area (Å²) in [6, 6.07) is 6.06. The van der Waals surface area contributed by atoms with Gasteiger partial charge in [0.1, 0.15) is 65.7 Å². The molecule has 2 fully saturated rings. The Morgan fingerprint density at radius 3 is 2.22 bits per heavy atom. The Morgan fingerprint density at radius 2 is 1.49 bits per heavy atom. The van der Waals surface area contributed by atoms with Crippen LogP contribution in [0.5, 0.6) is 28.7 Å². The number of benzene rings is 2. The van der Waals surface area contributed by atoms with Crippen LogP contribution < -0.4 is 4.74 Å². The summed E-state index contributed by atoms with van der Waals surface area (Å²) in [6.07, 6.45) is -14.1. The van der Waals surface area contributed by atoms with E-state index in [1.807, 2.05) is 0 Å². The van der Waals surface area contributed by atoms with Crippen molar-refractivity contribution in [2.45, 2.75) is 61.4 Å². The van der Waals surface area contributed by atoms with E-state index in [1.165, 1.54) is 30.3 Å². The van der Waals surface area contributed by atoms with Gasteiger partial charge >= 0.3 is 0 Å². The van der Waals surface area contributed by atoms with Crippen molar-refractivity contribution in [1.29, 1.82) is 0 Å². The zero-order valence-corrected chi connectivity index (χ0v) is 21.2. The van der Waals surface area contributed by atoms with Gasteiger partial charge in [0.15, 0.2) is 23.9 Å². The zero-order valence-electron chi connectivity index (χ0n) is 21.2. The number of phenolic OH excluding ortho intramolecular Hbond substituents is 4. The summed E-state index contributed by atoms with van der Waals surface area (Å²) in [4.78, 5) is 0. The second-order valence-corrected chi connectivity index (χ2v) is 9.89. The fourth-order valence-electron chi connectivity index (χ4n) is 4.68. The van der Waals surface area contributed by atoms with Crippen molar-refractivity contribution in [3.8, 4) is 28.7 Å². The Labute approximate surface area is 231 Å². The minimum absolute atomic E-state index is 0.0394. The lowest BCUT2D eigenvalue weighted by molar-refractivity contribution is -0.316. The lowest BCUT2D eigenvalue weighted by atomic mass is 9.98. The summed E-state index contributed by atoms with van der Waals surface area (Å²) in [5.74, 6) is -1.63. The summed E-state index contributed by atoms with van der Waals surface area (Å²) in [5, 5.41) is 101. The van der Waals surface area contributed by atoms with Crippen LogP contribution in [0.1, 0.15) is 17.2 Å². The summed E-state index contributed by atoms with van der Waals surface area (Å²) < 4.78 is 28.1. The van der Waals surface area contributed by atoms with Crippen LogP contribution >= 0.6 is 0 Å². The van der Waals surface area contributed by atoms with Gasteiger partial charge in [-0.3, -0.25) is 0 Å². The van der Waals surface area contributed by atoms with E-state index in [-0.39, 0.29) is 40.7 Å². The van der Waals surface area contributed by atoms with Gasteiger partial charge in [0.05, 0.1) is 18.8 Å². The normalized spacial score (nSPS) is 35.2. The van der Waals surface area contributed by atoms with E-state index in [9.17, 15) is 51.1 Å². The van der Waals surface area contributed by atoms with E-state index in [4.69, 9.17) is 23.7 Å². The molecule has 1 unspecified atom stereocenters. The molecule has 3 aliphatic heterocycles. The molecule has 0 bridgehead atoms. The van der Waals surface area contributed by atoms with E-state index >= 15 is 0 Å². The zero-order chi connectivity index (χ0) is 29.6. The summed E-state index contributed by atoms with van der Waals surface area (Å²) >= 11 is 0. The maximum atomic E-state index is 10.7. The number of aliphatic hydroxyl groups excluding tert-OH is 6. The second-order valence-electron chi connectivity index (χ2n) is 9.89. The summed E-state index contributed by atoms with van der Waals surface area (Å²) in [7, 11) is 0. The third-order valence-electron chi connectivity index (χ3n) is 7.00. The van der Waals surface area contributed by atoms with Crippen molar-refractivity contribution in [1.82, 2.24) is 0 Å². The van der Waals surface area contributed by atoms with Crippen LogP contribution in [0.2, 0.25) is 0 Å². The number of fused-ring (bicyclic) bond motifs is 1. The monoisotopic (exact) mass is 582 g/mol. The fourth-order valence-corrected chi connectivity index (χ4v) is 4.68. The molecule has 15 nitrogen and oxygen atoms in total. The molecule has 3 heterocycles. The molecule has 0 radical (unpaired) electrons. The van der Waals surface area contributed by atoms with Gasteiger partial charge in [-0.25, -0.2) is 0 Å². The molecule has 10 atom stereocenters. The lowest BCUT2D eigenvalue weighted by Crippen LogP contribution is -2.60. The van der Waals surface area contributed by atoms with Gasteiger partial charge < -0.3 is 74.7 Å². The third-order valence-corrected chi connectivity index (χ3v) is 7.00. The van der Waals surface area contributed by atoms with Gasteiger partial charge in [-0.2, -0.15) is 0 Å². The molecule has 0 aromatic heterocycles. The summed E-state index contributed by atoms with van der Waals surface area (Å²) in [6.45, 7) is -0.846. The Morgan fingerprint density at radius 1 is 0.756 bits per heavy atom.